The maximum absolute atomic E-state index is 12.2. The topological polar surface area (TPSA) is 41.6 Å². The smallest absolute Gasteiger partial charge is 0.164 e. The molecule has 0 spiro atoms. The van der Waals surface area contributed by atoms with Crippen LogP contribution in [0.3, 0.4) is 0 Å². The molecule has 1 N–H and O–H groups in total. The van der Waals surface area contributed by atoms with Crippen LogP contribution in [0.25, 0.3) is 0 Å². The van der Waals surface area contributed by atoms with Gasteiger partial charge in [-0.15, -0.1) is 0 Å². The molecule has 20 heavy (non-hydrogen) atoms. The summed E-state index contributed by atoms with van der Waals surface area (Å²) in [5, 5.41) is 3.80. The van der Waals surface area contributed by atoms with Crippen molar-refractivity contribution in [3.8, 4) is 5.75 Å². The molecule has 0 aliphatic carbocycles. The highest BCUT2D eigenvalue weighted by molar-refractivity contribution is 6.32. The lowest BCUT2D eigenvalue weighted by molar-refractivity contribution is 0.0960. The van der Waals surface area contributed by atoms with E-state index in [1.807, 2.05) is 6.92 Å². The van der Waals surface area contributed by atoms with Gasteiger partial charge in [-0.3, -0.25) is 4.79 Å². The van der Waals surface area contributed by atoms with Gasteiger partial charge in [-0.05, 0) is 25.1 Å². The zero-order chi connectivity index (χ0) is 14.4. The number of ether oxygens (including phenoxy) is 1. The van der Waals surface area contributed by atoms with Gasteiger partial charge in [0.1, 0.15) is 5.75 Å². The van der Waals surface area contributed by atoms with E-state index >= 15 is 0 Å². The fourth-order valence-corrected chi connectivity index (χ4v) is 2.52. The first-order valence-electron chi connectivity index (χ1n) is 7.09. The molecule has 0 aromatic heterocycles. The van der Waals surface area contributed by atoms with Crippen molar-refractivity contribution in [3.63, 3.8) is 0 Å². The Hall–Kier alpha value is -1.10. The number of nitrogens with one attached hydrogen (secondary N) is 1. The molecule has 0 bridgehead atoms. The van der Waals surface area contributed by atoms with Gasteiger partial charge in [-0.25, -0.2) is 0 Å². The Kier molecular flexibility index (Phi) is 5.83. The maximum Gasteiger partial charge on any atom is 0.164 e. The summed E-state index contributed by atoms with van der Waals surface area (Å²) in [5.41, 5.74) is 0.661. The highest BCUT2D eigenvalue weighted by Gasteiger charge is 2.13. The van der Waals surface area contributed by atoms with Gasteiger partial charge in [-0.2, -0.15) is 0 Å². The van der Waals surface area contributed by atoms with Gasteiger partial charge in [0.05, 0.1) is 11.6 Å². The number of Topliss-reactive ketones (excluding diaryl/α,β-unsaturated/α-hetero) is 1. The van der Waals surface area contributed by atoms with E-state index in [0.29, 0.717) is 29.4 Å². The number of rotatable bonds is 6. The van der Waals surface area contributed by atoms with Gasteiger partial charge < -0.3 is 15.0 Å². The van der Waals surface area contributed by atoms with E-state index in [9.17, 15) is 4.79 Å². The minimum atomic E-state index is 0.133. The number of benzene rings is 1. The minimum Gasteiger partial charge on any atom is -0.492 e. The predicted molar refractivity (Wildman–Crippen MR) is 80.9 cm³/mol. The van der Waals surface area contributed by atoms with Gasteiger partial charge in [-0.1, -0.05) is 11.6 Å². The van der Waals surface area contributed by atoms with E-state index in [-0.39, 0.29) is 5.78 Å². The molecule has 2 rings (SSSR count). The standard InChI is InChI=1S/C15H21ClN2O2/c1-2-20-15-4-3-12(11-13(15)16)14(19)5-8-18-9-6-17-7-10-18/h3-4,11,17H,2,5-10H2,1H3. The lowest BCUT2D eigenvalue weighted by atomic mass is 10.1. The van der Waals surface area contributed by atoms with Crippen LogP contribution in [0.15, 0.2) is 18.2 Å². The Morgan fingerprint density at radius 3 is 2.80 bits per heavy atom. The zero-order valence-corrected chi connectivity index (χ0v) is 12.6. The van der Waals surface area contributed by atoms with Crippen molar-refractivity contribution in [2.45, 2.75) is 13.3 Å². The Morgan fingerprint density at radius 2 is 2.15 bits per heavy atom. The first-order chi connectivity index (χ1) is 9.70. The molecular formula is C15H21ClN2O2. The number of carbonyl (C=O) groups is 1. The van der Waals surface area contributed by atoms with Crippen LogP contribution < -0.4 is 10.1 Å². The summed E-state index contributed by atoms with van der Waals surface area (Å²) in [7, 11) is 0. The van der Waals surface area contributed by atoms with Crippen molar-refractivity contribution in [1.29, 1.82) is 0 Å². The van der Waals surface area contributed by atoms with Crippen LogP contribution >= 0.6 is 11.6 Å². The van der Waals surface area contributed by atoms with Gasteiger partial charge in [0, 0.05) is 44.7 Å². The molecule has 1 aliphatic rings. The molecule has 1 aromatic carbocycles. The molecule has 4 nitrogen and oxygen atoms in total. The molecule has 1 aliphatic heterocycles. The monoisotopic (exact) mass is 296 g/mol. The fourth-order valence-electron chi connectivity index (χ4n) is 2.29. The zero-order valence-electron chi connectivity index (χ0n) is 11.8. The first-order valence-corrected chi connectivity index (χ1v) is 7.47. The Morgan fingerprint density at radius 1 is 1.40 bits per heavy atom. The fraction of sp³-hybridized carbons (Fsp3) is 0.533. The highest BCUT2D eigenvalue weighted by Crippen LogP contribution is 2.25. The maximum atomic E-state index is 12.2. The number of piperazine rings is 1. The average molecular weight is 297 g/mol. The van der Waals surface area contributed by atoms with Crippen LogP contribution in [0.5, 0.6) is 5.75 Å². The highest BCUT2D eigenvalue weighted by atomic mass is 35.5. The molecule has 0 saturated carbocycles. The van der Waals surface area contributed by atoms with E-state index in [1.54, 1.807) is 18.2 Å². The summed E-state index contributed by atoms with van der Waals surface area (Å²) in [6, 6.07) is 5.26. The molecule has 0 radical (unpaired) electrons. The largest absolute Gasteiger partial charge is 0.492 e. The molecule has 1 heterocycles. The summed E-state index contributed by atoms with van der Waals surface area (Å²) >= 11 is 6.11. The first kappa shape index (κ1) is 15.3. The average Bonchev–Trinajstić information content (AvgIpc) is 2.48. The molecule has 1 aromatic rings. The SMILES string of the molecule is CCOc1ccc(C(=O)CCN2CCNCC2)cc1Cl. The van der Waals surface area contributed by atoms with Crippen LogP contribution in [-0.2, 0) is 0 Å². The number of hydrogen-bond acceptors (Lipinski definition) is 4. The van der Waals surface area contributed by atoms with Gasteiger partial charge >= 0.3 is 0 Å². The lowest BCUT2D eigenvalue weighted by Crippen LogP contribution is -2.44. The Labute approximate surface area is 125 Å². The number of ketones is 1. The summed E-state index contributed by atoms with van der Waals surface area (Å²) in [5.74, 6) is 0.765. The Bertz CT molecular complexity index is 459. The van der Waals surface area contributed by atoms with Crippen molar-refractivity contribution in [3.05, 3.63) is 28.8 Å². The van der Waals surface area contributed by atoms with E-state index in [4.69, 9.17) is 16.3 Å². The summed E-state index contributed by atoms with van der Waals surface area (Å²) in [4.78, 5) is 14.5. The molecule has 0 unspecified atom stereocenters. The van der Waals surface area contributed by atoms with Crippen molar-refractivity contribution in [1.82, 2.24) is 10.2 Å². The van der Waals surface area contributed by atoms with Crippen LogP contribution in [0.2, 0.25) is 5.02 Å². The normalized spacial score (nSPS) is 16.1. The van der Waals surface area contributed by atoms with E-state index in [1.165, 1.54) is 0 Å². The van der Waals surface area contributed by atoms with E-state index in [0.717, 1.165) is 32.7 Å². The molecule has 110 valence electrons. The quantitative estimate of drug-likeness (QED) is 0.817. The Balaban J connectivity index is 1.89. The third-order valence-corrected chi connectivity index (χ3v) is 3.71. The molecule has 5 heteroatoms. The van der Waals surface area contributed by atoms with Crippen molar-refractivity contribution >= 4 is 17.4 Å². The number of nitrogens with zero attached hydrogens (tertiary/aromatic N) is 1. The molecule has 1 saturated heterocycles. The van der Waals surface area contributed by atoms with Crippen molar-refractivity contribution in [2.24, 2.45) is 0 Å². The summed E-state index contributed by atoms with van der Waals surface area (Å²) < 4.78 is 5.37. The van der Waals surface area contributed by atoms with E-state index in [2.05, 4.69) is 10.2 Å². The third kappa shape index (κ3) is 4.20. The van der Waals surface area contributed by atoms with Crippen LogP contribution in [0.4, 0.5) is 0 Å². The van der Waals surface area contributed by atoms with Crippen LogP contribution in [0.1, 0.15) is 23.7 Å². The molecule has 1 fully saturated rings. The van der Waals surface area contributed by atoms with Gasteiger partial charge in [0.2, 0.25) is 0 Å². The second-order valence-electron chi connectivity index (χ2n) is 4.84. The van der Waals surface area contributed by atoms with E-state index < -0.39 is 0 Å². The second kappa shape index (κ2) is 7.62. The van der Waals surface area contributed by atoms with Gasteiger partial charge in [0.15, 0.2) is 5.78 Å². The van der Waals surface area contributed by atoms with Gasteiger partial charge in [0.25, 0.3) is 0 Å². The third-order valence-electron chi connectivity index (χ3n) is 3.42. The van der Waals surface area contributed by atoms with Crippen LogP contribution in [-0.4, -0.2) is 50.0 Å². The van der Waals surface area contributed by atoms with Crippen molar-refractivity contribution < 1.29 is 9.53 Å². The molecule has 0 atom stereocenters. The second-order valence-corrected chi connectivity index (χ2v) is 5.25. The number of hydrogen-bond donors (Lipinski definition) is 1. The van der Waals surface area contributed by atoms with Crippen molar-refractivity contribution in [2.75, 3.05) is 39.3 Å². The number of halogens is 1. The molecule has 0 amide bonds. The lowest BCUT2D eigenvalue weighted by Gasteiger charge is -2.26. The number of carbonyl (C=O) groups excluding carboxylic acids is 1. The summed E-state index contributed by atoms with van der Waals surface area (Å²) in [6.07, 6.45) is 0.532. The summed E-state index contributed by atoms with van der Waals surface area (Å²) in [6.45, 7) is 7.31. The van der Waals surface area contributed by atoms with Crippen LogP contribution in [0, 0.1) is 0 Å². The predicted octanol–water partition coefficient (Wildman–Crippen LogP) is 2.22. The minimum absolute atomic E-state index is 0.133. The molecular weight excluding hydrogens is 276 g/mol.